The van der Waals surface area contributed by atoms with Gasteiger partial charge >= 0.3 is 0 Å². The van der Waals surface area contributed by atoms with Crippen LogP contribution in [0.15, 0.2) is 0 Å². The first kappa shape index (κ1) is 7.79. The Balaban J connectivity index is 2.86. The summed E-state index contributed by atoms with van der Waals surface area (Å²) >= 11 is 1.46. The van der Waals surface area contributed by atoms with Gasteiger partial charge in [0.15, 0.2) is 11.6 Å². The maximum absolute atomic E-state index is 11.1. The van der Waals surface area contributed by atoms with Crippen molar-refractivity contribution in [3.63, 3.8) is 0 Å². The van der Waals surface area contributed by atoms with Crippen molar-refractivity contribution in [3.8, 4) is 0 Å². The van der Waals surface area contributed by atoms with E-state index in [2.05, 4.69) is 0 Å². The van der Waals surface area contributed by atoms with Gasteiger partial charge < -0.3 is 0 Å². The van der Waals surface area contributed by atoms with Crippen LogP contribution in [0.4, 0.5) is 0 Å². The first-order valence-electron chi connectivity index (χ1n) is 3.25. The fourth-order valence-corrected chi connectivity index (χ4v) is 2.13. The molecule has 0 aliphatic carbocycles. The lowest BCUT2D eigenvalue weighted by Gasteiger charge is -2.15. The molecule has 0 amide bonds. The van der Waals surface area contributed by atoms with Crippen molar-refractivity contribution >= 4 is 23.3 Å². The zero-order valence-corrected chi connectivity index (χ0v) is 6.96. The van der Waals surface area contributed by atoms with Crippen LogP contribution in [-0.2, 0) is 9.59 Å². The van der Waals surface area contributed by atoms with E-state index in [0.29, 0.717) is 6.42 Å². The number of thioether (sulfide) groups is 1. The van der Waals surface area contributed by atoms with E-state index >= 15 is 0 Å². The Hall–Kier alpha value is -0.310. The zero-order valence-electron chi connectivity index (χ0n) is 6.14. The molecule has 0 bridgehead atoms. The van der Waals surface area contributed by atoms with Gasteiger partial charge in [0.2, 0.25) is 0 Å². The number of hydrogen-bond donors (Lipinski definition) is 0. The van der Waals surface area contributed by atoms with Crippen LogP contribution in [0.25, 0.3) is 0 Å². The maximum atomic E-state index is 11.1. The fourth-order valence-electron chi connectivity index (χ4n) is 0.965. The van der Waals surface area contributed by atoms with Crippen LogP contribution in [0.5, 0.6) is 0 Å². The van der Waals surface area contributed by atoms with Gasteiger partial charge in [-0.05, 0) is 13.8 Å². The lowest BCUT2D eigenvalue weighted by molar-refractivity contribution is -0.128. The van der Waals surface area contributed by atoms with Gasteiger partial charge in [-0.25, -0.2) is 0 Å². The molecule has 10 heavy (non-hydrogen) atoms. The zero-order chi connectivity index (χ0) is 7.78. The molecule has 0 aromatic rings. The summed E-state index contributed by atoms with van der Waals surface area (Å²) in [5, 5.41) is 0. The van der Waals surface area contributed by atoms with Gasteiger partial charge in [0, 0.05) is 12.2 Å². The molecule has 1 rings (SSSR count). The Morgan fingerprint density at radius 2 is 2.30 bits per heavy atom. The first-order chi connectivity index (χ1) is 4.57. The molecule has 1 saturated heterocycles. The van der Waals surface area contributed by atoms with E-state index in [0.717, 1.165) is 5.75 Å². The highest BCUT2D eigenvalue weighted by atomic mass is 32.2. The Kier molecular flexibility index (Phi) is 1.86. The van der Waals surface area contributed by atoms with Crippen LogP contribution in [-0.4, -0.2) is 22.1 Å². The van der Waals surface area contributed by atoms with Crippen molar-refractivity contribution in [3.05, 3.63) is 0 Å². The van der Waals surface area contributed by atoms with E-state index < -0.39 is 4.75 Å². The number of rotatable bonds is 1. The smallest absolute Gasteiger partial charge is 0.156 e. The van der Waals surface area contributed by atoms with Gasteiger partial charge in [0.25, 0.3) is 0 Å². The molecule has 1 fully saturated rings. The van der Waals surface area contributed by atoms with E-state index in [1.165, 1.54) is 18.7 Å². The molecule has 1 unspecified atom stereocenters. The van der Waals surface area contributed by atoms with Gasteiger partial charge in [0.1, 0.15) is 4.75 Å². The molecule has 0 radical (unpaired) electrons. The molecule has 1 aliphatic rings. The molecule has 1 atom stereocenters. The molecular weight excluding hydrogens is 148 g/mol. The average Bonchev–Trinajstić information content (AvgIpc) is 2.15. The van der Waals surface area contributed by atoms with Crippen molar-refractivity contribution in [2.45, 2.75) is 25.0 Å². The third-order valence-corrected chi connectivity index (χ3v) is 3.42. The van der Waals surface area contributed by atoms with Crippen LogP contribution in [0.1, 0.15) is 20.3 Å². The Morgan fingerprint density at radius 1 is 1.70 bits per heavy atom. The maximum Gasteiger partial charge on any atom is 0.156 e. The largest absolute Gasteiger partial charge is 0.298 e. The summed E-state index contributed by atoms with van der Waals surface area (Å²) < 4.78 is -0.708. The van der Waals surface area contributed by atoms with E-state index in [1.807, 2.05) is 0 Å². The quantitative estimate of drug-likeness (QED) is 0.535. The minimum atomic E-state index is -0.708. The molecule has 1 heterocycles. The van der Waals surface area contributed by atoms with Gasteiger partial charge in [0.05, 0.1) is 0 Å². The molecule has 56 valence electrons. The molecule has 3 heteroatoms. The SMILES string of the molecule is CC(=O)C1(C)SCCC1=O. The molecule has 1 aliphatic heterocycles. The number of hydrogen-bond acceptors (Lipinski definition) is 3. The topological polar surface area (TPSA) is 34.1 Å². The average molecular weight is 158 g/mol. The summed E-state index contributed by atoms with van der Waals surface area (Å²) in [4.78, 5) is 22.0. The number of ketones is 2. The fraction of sp³-hybridized carbons (Fsp3) is 0.714. The van der Waals surface area contributed by atoms with Crippen molar-refractivity contribution in [1.82, 2.24) is 0 Å². The van der Waals surface area contributed by atoms with E-state index in [-0.39, 0.29) is 11.6 Å². The van der Waals surface area contributed by atoms with Crippen molar-refractivity contribution < 1.29 is 9.59 Å². The predicted octanol–water partition coefficient (Wildman–Crippen LogP) is 1.04. The van der Waals surface area contributed by atoms with Crippen LogP contribution in [0.2, 0.25) is 0 Å². The van der Waals surface area contributed by atoms with Gasteiger partial charge in [-0.15, -0.1) is 11.8 Å². The summed E-state index contributed by atoms with van der Waals surface area (Å²) in [5.74, 6) is 0.875. The third-order valence-electron chi connectivity index (χ3n) is 1.92. The second-order valence-corrected chi connectivity index (χ2v) is 4.12. The number of carbonyl (C=O) groups is 2. The van der Waals surface area contributed by atoms with Crippen molar-refractivity contribution in [1.29, 1.82) is 0 Å². The predicted molar refractivity (Wildman–Crippen MR) is 41.2 cm³/mol. The molecule has 0 aromatic heterocycles. The highest BCUT2D eigenvalue weighted by Crippen LogP contribution is 2.35. The Morgan fingerprint density at radius 3 is 2.50 bits per heavy atom. The second kappa shape index (κ2) is 2.38. The van der Waals surface area contributed by atoms with Crippen LogP contribution in [0.3, 0.4) is 0 Å². The number of carbonyl (C=O) groups excluding carboxylic acids is 2. The molecular formula is C7H10O2S. The van der Waals surface area contributed by atoms with E-state index in [1.54, 1.807) is 6.92 Å². The van der Waals surface area contributed by atoms with Crippen molar-refractivity contribution in [2.75, 3.05) is 5.75 Å². The normalized spacial score (nSPS) is 32.8. The minimum absolute atomic E-state index is 0.0139. The Labute approximate surface area is 64.4 Å². The summed E-state index contributed by atoms with van der Waals surface area (Å²) in [6.45, 7) is 3.20. The third kappa shape index (κ3) is 0.985. The minimum Gasteiger partial charge on any atom is -0.298 e. The molecule has 0 spiro atoms. The standard InChI is InChI=1S/C7H10O2S/c1-5(8)7(2)6(9)3-4-10-7/h3-4H2,1-2H3. The molecule has 0 aromatic carbocycles. The van der Waals surface area contributed by atoms with Gasteiger partial charge in [-0.1, -0.05) is 0 Å². The highest BCUT2D eigenvalue weighted by molar-refractivity contribution is 8.02. The summed E-state index contributed by atoms with van der Waals surface area (Å²) in [5.41, 5.74) is 0. The van der Waals surface area contributed by atoms with Crippen LogP contribution >= 0.6 is 11.8 Å². The van der Waals surface area contributed by atoms with Gasteiger partial charge in [-0.2, -0.15) is 0 Å². The summed E-state index contributed by atoms with van der Waals surface area (Å²) in [6.07, 6.45) is 0.556. The second-order valence-electron chi connectivity index (χ2n) is 2.61. The molecule has 2 nitrogen and oxygen atoms in total. The van der Waals surface area contributed by atoms with Crippen molar-refractivity contribution in [2.24, 2.45) is 0 Å². The van der Waals surface area contributed by atoms with Crippen LogP contribution in [0, 0.1) is 0 Å². The highest BCUT2D eigenvalue weighted by Gasteiger charge is 2.42. The summed E-state index contributed by atoms with van der Waals surface area (Å²) in [6, 6.07) is 0. The van der Waals surface area contributed by atoms with E-state index in [4.69, 9.17) is 0 Å². The monoisotopic (exact) mass is 158 g/mol. The van der Waals surface area contributed by atoms with E-state index in [9.17, 15) is 9.59 Å². The van der Waals surface area contributed by atoms with Gasteiger partial charge in [-0.3, -0.25) is 9.59 Å². The Bertz CT molecular complexity index is 188. The lowest BCUT2D eigenvalue weighted by atomic mass is 10.0. The molecule has 0 saturated carbocycles. The first-order valence-corrected chi connectivity index (χ1v) is 4.24. The number of Topliss-reactive ketones (excluding diaryl/α,β-unsaturated/α-hetero) is 2. The van der Waals surface area contributed by atoms with Crippen LogP contribution < -0.4 is 0 Å². The lowest BCUT2D eigenvalue weighted by Crippen LogP contribution is -2.34. The molecule has 0 N–H and O–H groups in total. The summed E-state index contributed by atoms with van der Waals surface area (Å²) in [7, 11) is 0.